The Kier molecular flexibility index (Phi) is 1.11. The van der Waals surface area contributed by atoms with Crippen molar-refractivity contribution >= 4 is 0 Å². The lowest BCUT2D eigenvalue weighted by Crippen LogP contribution is -1.92. The predicted molar refractivity (Wildman–Crippen MR) is 25.3 cm³/mol. The summed E-state index contributed by atoms with van der Waals surface area (Å²) < 4.78 is 4.63. The van der Waals surface area contributed by atoms with Gasteiger partial charge in [-0.1, -0.05) is 10.2 Å². The molecule has 5 nitrogen and oxygen atoms in total. The molecule has 44 valence electrons. The minimum Gasteiger partial charge on any atom is -0.465 e. The molecule has 0 saturated heterocycles. The van der Waals surface area contributed by atoms with Gasteiger partial charge in [-0.15, -0.1) is 0 Å². The van der Waals surface area contributed by atoms with Gasteiger partial charge in [0.15, 0.2) is 0 Å². The Hall–Kier alpha value is -1.13. The summed E-state index contributed by atoms with van der Waals surface area (Å²) in [7, 11) is 3.17. The SMILES string of the molecule is COc1nnn(C)n1. The molecule has 1 rings (SSSR count). The van der Waals surface area contributed by atoms with Crippen LogP contribution in [0.15, 0.2) is 0 Å². The number of methoxy groups -OCH3 is 1. The maximum Gasteiger partial charge on any atom is 0.355 e. The number of hydrogen-bond acceptors (Lipinski definition) is 4. The van der Waals surface area contributed by atoms with E-state index in [0.717, 1.165) is 0 Å². The molecule has 1 aromatic heterocycles. The van der Waals surface area contributed by atoms with E-state index in [2.05, 4.69) is 20.1 Å². The number of aromatic nitrogens is 4. The molecule has 0 amide bonds. The molecule has 0 fully saturated rings. The molecule has 5 heteroatoms. The summed E-state index contributed by atoms with van der Waals surface area (Å²) in [6.07, 6.45) is 0. The maximum atomic E-state index is 4.63. The third-order valence-electron chi connectivity index (χ3n) is 0.673. The van der Waals surface area contributed by atoms with Gasteiger partial charge in [-0.25, -0.2) is 0 Å². The van der Waals surface area contributed by atoms with Crippen LogP contribution >= 0.6 is 0 Å². The van der Waals surface area contributed by atoms with Crippen molar-refractivity contribution in [3.05, 3.63) is 0 Å². The first-order valence-electron chi connectivity index (χ1n) is 2.11. The normalized spacial score (nSPS) is 9.25. The van der Waals surface area contributed by atoms with Crippen molar-refractivity contribution in [3.63, 3.8) is 0 Å². The Morgan fingerprint density at radius 2 is 2.38 bits per heavy atom. The largest absolute Gasteiger partial charge is 0.465 e. The van der Waals surface area contributed by atoms with Gasteiger partial charge < -0.3 is 4.74 Å². The van der Waals surface area contributed by atoms with Gasteiger partial charge in [0, 0.05) is 0 Å². The second-order valence-electron chi connectivity index (χ2n) is 1.27. The van der Waals surface area contributed by atoms with E-state index in [0.29, 0.717) is 6.01 Å². The first-order valence-corrected chi connectivity index (χ1v) is 2.11. The fourth-order valence-corrected chi connectivity index (χ4v) is 0.348. The Balaban J connectivity index is 2.84. The molecular formula is C3H6N4O. The molecule has 0 radical (unpaired) electrons. The van der Waals surface area contributed by atoms with Gasteiger partial charge in [-0.2, -0.15) is 4.80 Å². The smallest absolute Gasteiger partial charge is 0.355 e. The van der Waals surface area contributed by atoms with Crippen molar-refractivity contribution in [3.8, 4) is 6.01 Å². The molecule has 0 unspecified atom stereocenters. The standard InChI is InChI=1S/C3H6N4O/c1-7-5-3(8-2)4-6-7/h1-2H3. The monoisotopic (exact) mass is 114 g/mol. The van der Waals surface area contributed by atoms with Crippen molar-refractivity contribution in [1.82, 2.24) is 20.2 Å². The lowest BCUT2D eigenvalue weighted by atomic mass is 11.2. The Labute approximate surface area is 46.3 Å². The molecule has 0 N–H and O–H groups in total. The molecule has 0 bridgehead atoms. The Morgan fingerprint density at radius 3 is 2.62 bits per heavy atom. The van der Waals surface area contributed by atoms with E-state index >= 15 is 0 Å². The minimum atomic E-state index is 0.299. The van der Waals surface area contributed by atoms with Gasteiger partial charge in [0.25, 0.3) is 0 Å². The average molecular weight is 114 g/mol. The van der Waals surface area contributed by atoms with Crippen LogP contribution in [0.2, 0.25) is 0 Å². The third kappa shape index (κ3) is 0.749. The lowest BCUT2D eigenvalue weighted by molar-refractivity contribution is 0.378. The number of rotatable bonds is 1. The Morgan fingerprint density at radius 1 is 1.62 bits per heavy atom. The molecular weight excluding hydrogens is 108 g/mol. The van der Waals surface area contributed by atoms with Crippen molar-refractivity contribution in [2.24, 2.45) is 7.05 Å². The van der Waals surface area contributed by atoms with Crippen LogP contribution in [0.4, 0.5) is 0 Å². The molecule has 0 aliphatic carbocycles. The highest BCUT2D eigenvalue weighted by atomic mass is 16.5. The van der Waals surface area contributed by atoms with Crippen molar-refractivity contribution in [2.45, 2.75) is 0 Å². The molecule has 0 atom stereocenters. The van der Waals surface area contributed by atoms with Gasteiger partial charge in [-0.05, 0) is 5.21 Å². The third-order valence-corrected chi connectivity index (χ3v) is 0.673. The fourth-order valence-electron chi connectivity index (χ4n) is 0.348. The van der Waals surface area contributed by atoms with Gasteiger partial charge in [0.2, 0.25) is 0 Å². The summed E-state index contributed by atoms with van der Waals surface area (Å²) in [5, 5.41) is 10.7. The minimum absolute atomic E-state index is 0.299. The molecule has 0 spiro atoms. The van der Waals surface area contributed by atoms with Gasteiger partial charge in [0.1, 0.15) is 0 Å². The summed E-state index contributed by atoms with van der Waals surface area (Å²) in [4.78, 5) is 1.33. The van der Waals surface area contributed by atoms with E-state index < -0.39 is 0 Å². The second-order valence-corrected chi connectivity index (χ2v) is 1.27. The van der Waals surface area contributed by atoms with E-state index in [9.17, 15) is 0 Å². The van der Waals surface area contributed by atoms with E-state index in [-0.39, 0.29) is 0 Å². The number of tetrazole rings is 1. The zero-order valence-electron chi connectivity index (χ0n) is 4.70. The molecule has 0 saturated carbocycles. The number of hydrogen-bond donors (Lipinski definition) is 0. The van der Waals surface area contributed by atoms with Crippen molar-refractivity contribution in [2.75, 3.05) is 7.11 Å². The highest BCUT2D eigenvalue weighted by Gasteiger charge is 1.93. The van der Waals surface area contributed by atoms with Crippen LogP contribution in [0.25, 0.3) is 0 Å². The van der Waals surface area contributed by atoms with E-state index in [1.54, 1.807) is 7.05 Å². The zero-order valence-corrected chi connectivity index (χ0v) is 4.70. The predicted octanol–water partition coefficient (Wildman–Crippen LogP) is -0.781. The lowest BCUT2D eigenvalue weighted by Gasteiger charge is -1.82. The summed E-state index contributed by atoms with van der Waals surface area (Å²) in [6, 6.07) is 0.299. The summed E-state index contributed by atoms with van der Waals surface area (Å²) in [5.74, 6) is 0. The fraction of sp³-hybridized carbons (Fsp3) is 0.667. The molecule has 0 aliphatic rings. The highest BCUT2D eigenvalue weighted by molar-refractivity contribution is 4.79. The van der Waals surface area contributed by atoms with Gasteiger partial charge >= 0.3 is 6.01 Å². The van der Waals surface area contributed by atoms with E-state index in [1.165, 1.54) is 11.9 Å². The molecule has 0 aromatic carbocycles. The number of aryl methyl sites for hydroxylation is 1. The van der Waals surface area contributed by atoms with E-state index in [4.69, 9.17) is 0 Å². The first-order chi connectivity index (χ1) is 3.83. The van der Waals surface area contributed by atoms with Crippen LogP contribution in [0.5, 0.6) is 6.01 Å². The maximum absolute atomic E-state index is 4.63. The molecule has 1 heterocycles. The molecule has 1 aromatic rings. The van der Waals surface area contributed by atoms with Crippen LogP contribution in [-0.2, 0) is 7.05 Å². The number of ether oxygens (including phenoxy) is 1. The highest BCUT2D eigenvalue weighted by Crippen LogP contribution is 1.90. The summed E-state index contributed by atoms with van der Waals surface area (Å²) in [6.45, 7) is 0. The topological polar surface area (TPSA) is 52.8 Å². The van der Waals surface area contributed by atoms with Crippen LogP contribution in [0, 0.1) is 0 Å². The first kappa shape index (κ1) is 5.02. The molecule has 0 aliphatic heterocycles. The summed E-state index contributed by atoms with van der Waals surface area (Å²) in [5.41, 5.74) is 0. The van der Waals surface area contributed by atoms with Crippen LogP contribution in [-0.4, -0.2) is 27.3 Å². The second kappa shape index (κ2) is 1.77. The van der Waals surface area contributed by atoms with Gasteiger partial charge in [-0.3, -0.25) is 0 Å². The quantitative estimate of drug-likeness (QED) is 0.480. The van der Waals surface area contributed by atoms with Crippen LogP contribution < -0.4 is 4.74 Å². The number of nitrogens with zero attached hydrogens (tertiary/aromatic N) is 4. The van der Waals surface area contributed by atoms with Crippen LogP contribution in [0.1, 0.15) is 0 Å². The van der Waals surface area contributed by atoms with Crippen molar-refractivity contribution in [1.29, 1.82) is 0 Å². The molecule has 8 heavy (non-hydrogen) atoms. The summed E-state index contributed by atoms with van der Waals surface area (Å²) >= 11 is 0. The van der Waals surface area contributed by atoms with Crippen molar-refractivity contribution < 1.29 is 4.74 Å². The van der Waals surface area contributed by atoms with Crippen LogP contribution in [0.3, 0.4) is 0 Å². The average Bonchev–Trinajstić information content (AvgIpc) is 2.14. The zero-order chi connectivity index (χ0) is 5.98. The van der Waals surface area contributed by atoms with E-state index in [1.807, 2.05) is 0 Å². The Bertz CT molecular complexity index is 172. The van der Waals surface area contributed by atoms with Gasteiger partial charge in [0.05, 0.1) is 14.2 Å².